The molecule has 1 fully saturated rings. The van der Waals surface area contributed by atoms with E-state index in [1.165, 1.54) is 6.42 Å². The van der Waals surface area contributed by atoms with E-state index in [2.05, 4.69) is 15.5 Å². The molecule has 0 aliphatic carbocycles. The van der Waals surface area contributed by atoms with Gasteiger partial charge in [0.2, 0.25) is 11.7 Å². The maximum atomic E-state index is 5.35. The van der Waals surface area contributed by atoms with Crippen LogP contribution in [-0.2, 0) is 6.42 Å². The lowest BCUT2D eigenvalue weighted by molar-refractivity contribution is 0.364. The second-order valence-electron chi connectivity index (χ2n) is 5.11. The molecule has 0 radical (unpaired) electrons. The maximum Gasteiger partial charge on any atom is 0.228 e. The molecule has 0 bridgehead atoms. The first-order chi connectivity index (χ1) is 10.3. The first-order valence-electron chi connectivity index (χ1n) is 7.08. The van der Waals surface area contributed by atoms with Gasteiger partial charge in [0.25, 0.3) is 0 Å². The fraction of sp³-hybridized carbons (Fsp3) is 0.467. The lowest BCUT2D eigenvalue weighted by Crippen LogP contribution is -2.23. The summed E-state index contributed by atoms with van der Waals surface area (Å²) in [7, 11) is 3.23. The highest BCUT2D eigenvalue weighted by atomic mass is 16.5. The van der Waals surface area contributed by atoms with Crippen LogP contribution in [0, 0.1) is 0 Å². The molecule has 1 aromatic carbocycles. The van der Waals surface area contributed by atoms with Crippen molar-refractivity contribution in [3.8, 4) is 22.9 Å². The molecule has 3 rings (SSSR count). The molecule has 1 aliphatic heterocycles. The third-order valence-corrected chi connectivity index (χ3v) is 3.66. The molecule has 1 saturated heterocycles. The van der Waals surface area contributed by atoms with E-state index < -0.39 is 0 Å². The number of ether oxygens (including phenoxy) is 2. The zero-order valence-corrected chi connectivity index (χ0v) is 12.3. The van der Waals surface area contributed by atoms with Crippen LogP contribution < -0.4 is 14.8 Å². The molecular weight excluding hydrogens is 270 g/mol. The van der Waals surface area contributed by atoms with Crippen molar-refractivity contribution in [2.24, 2.45) is 0 Å². The molecule has 21 heavy (non-hydrogen) atoms. The Morgan fingerprint density at radius 2 is 2.00 bits per heavy atom. The summed E-state index contributed by atoms with van der Waals surface area (Å²) in [6.45, 7) is 1.07. The first-order valence-corrected chi connectivity index (χ1v) is 7.08. The Labute approximate surface area is 123 Å². The van der Waals surface area contributed by atoms with Gasteiger partial charge in [-0.15, -0.1) is 0 Å². The third kappa shape index (κ3) is 3.16. The van der Waals surface area contributed by atoms with Crippen molar-refractivity contribution < 1.29 is 14.0 Å². The van der Waals surface area contributed by atoms with Gasteiger partial charge in [-0.1, -0.05) is 5.16 Å². The fourth-order valence-corrected chi connectivity index (χ4v) is 2.53. The van der Waals surface area contributed by atoms with E-state index in [1.54, 1.807) is 14.2 Å². The Kier molecular flexibility index (Phi) is 4.06. The minimum absolute atomic E-state index is 0.443. The van der Waals surface area contributed by atoms with Gasteiger partial charge in [-0.2, -0.15) is 4.98 Å². The molecule has 1 aromatic heterocycles. The molecule has 112 valence electrons. The van der Waals surface area contributed by atoms with Gasteiger partial charge in [0.1, 0.15) is 11.5 Å². The molecule has 1 unspecified atom stereocenters. The molecule has 0 amide bonds. The average Bonchev–Trinajstić information content (AvgIpc) is 3.19. The molecule has 2 aromatic rings. The number of methoxy groups -OCH3 is 2. The Bertz CT molecular complexity index is 584. The first kappa shape index (κ1) is 13.9. The molecule has 1 atom stereocenters. The van der Waals surface area contributed by atoms with Crippen LogP contribution in [0.4, 0.5) is 0 Å². The van der Waals surface area contributed by atoms with E-state index in [1.807, 2.05) is 18.2 Å². The molecule has 6 heteroatoms. The van der Waals surface area contributed by atoms with E-state index in [9.17, 15) is 0 Å². The number of rotatable bonds is 5. The van der Waals surface area contributed by atoms with E-state index in [0.29, 0.717) is 29.3 Å². The topological polar surface area (TPSA) is 69.4 Å². The van der Waals surface area contributed by atoms with Gasteiger partial charge in [0.15, 0.2) is 0 Å². The fourth-order valence-electron chi connectivity index (χ4n) is 2.53. The Balaban J connectivity index is 1.81. The van der Waals surface area contributed by atoms with E-state index in [4.69, 9.17) is 14.0 Å². The van der Waals surface area contributed by atoms with Crippen LogP contribution in [-0.4, -0.2) is 36.9 Å². The van der Waals surface area contributed by atoms with Crippen LogP contribution in [0.15, 0.2) is 22.7 Å². The van der Waals surface area contributed by atoms with Crippen molar-refractivity contribution in [2.45, 2.75) is 25.3 Å². The van der Waals surface area contributed by atoms with Crippen LogP contribution in [0.25, 0.3) is 11.4 Å². The summed E-state index contributed by atoms with van der Waals surface area (Å²) in [6, 6.07) is 5.99. The summed E-state index contributed by atoms with van der Waals surface area (Å²) < 4.78 is 15.9. The highest BCUT2D eigenvalue weighted by Crippen LogP contribution is 2.28. The molecule has 0 saturated carbocycles. The van der Waals surface area contributed by atoms with Crippen molar-refractivity contribution in [2.75, 3.05) is 20.8 Å². The van der Waals surface area contributed by atoms with Gasteiger partial charge < -0.3 is 19.3 Å². The second-order valence-corrected chi connectivity index (χ2v) is 5.11. The van der Waals surface area contributed by atoms with Crippen LogP contribution in [0.3, 0.4) is 0 Å². The highest BCUT2D eigenvalue weighted by Gasteiger charge is 2.19. The highest BCUT2D eigenvalue weighted by molar-refractivity contribution is 5.60. The quantitative estimate of drug-likeness (QED) is 0.908. The van der Waals surface area contributed by atoms with Gasteiger partial charge in [-0.05, 0) is 31.5 Å². The number of nitrogens with one attached hydrogen (secondary N) is 1. The molecular formula is C15H19N3O3. The molecule has 0 spiro atoms. The smallest absolute Gasteiger partial charge is 0.228 e. The molecule has 1 aliphatic rings. The summed E-state index contributed by atoms with van der Waals surface area (Å²) in [4.78, 5) is 4.47. The van der Waals surface area contributed by atoms with Gasteiger partial charge >= 0.3 is 0 Å². The predicted octanol–water partition coefficient (Wildman–Crippen LogP) is 2.05. The minimum atomic E-state index is 0.443. The second kappa shape index (κ2) is 6.13. The monoisotopic (exact) mass is 289 g/mol. The zero-order valence-electron chi connectivity index (χ0n) is 12.3. The van der Waals surface area contributed by atoms with Crippen LogP contribution in [0.1, 0.15) is 18.7 Å². The number of nitrogens with zero attached hydrogens (tertiary/aromatic N) is 2. The van der Waals surface area contributed by atoms with Gasteiger partial charge in [-0.3, -0.25) is 0 Å². The average molecular weight is 289 g/mol. The van der Waals surface area contributed by atoms with Crippen molar-refractivity contribution in [3.63, 3.8) is 0 Å². The molecule has 6 nitrogen and oxygen atoms in total. The standard InChI is InChI=1S/C15H19N3O3/c1-19-12-6-10(7-13(9-12)20-2)15-17-14(21-18-15)8-11-4-3-5-16-11/h6-7,9,11,16H,3-5,8H2,1-2H3. The normalized spacial score (nSPS) is 17.9. The summed E-state index contributed by atoms with van der Waals surface area (Å²) in [5, 5.41) is 7.48. The van der Waals surface area contributed by atoms with Gasteiger partial charge in [0.05, 0.1) is 14.2 Å². The third-order valence-electron chi connectivity index (χ3n) is 3.66. The number of aromatic nitrogens is 2. The lowest BCUT2D eigenvalue weighted by atomic mass is 10.1. The van der Waals surface area contributed by atoms with Crippen molar-refractivity contribution >= 4 is 0 Å². The van der Waals surface area contributed by atoms with Crippen LogP contribution in [0.5, 0.6) is 11.5 Å². The van der Waals surface area contributed by atoms with Crippen LogP contribution in [0.2, 0.25) is 0 Å². The predicted molar refractivity (Wildman–Crippen MR) is 77.6 cm³/mol. The summed E-state index contributed by atoms with van der Waals surface area (Å²) >= 11 is 0. The lowest BCUT2D eigenvalue weighted by Gasteiger charge is -2.06. The van der Waals surface area contributed by atoms with Crippen LogP contribution >= 0.6 is 0 Å². The van der Waals surface area contributed by atoms with Crippen molar-refractivity contribution in [1.82, 2.24) is 15.5 Å². The van der Waals surface area contributed by atoms with Crippen molar-refractivity contribution in [3.05, 3.63) is 24.1 Å². The summed E-state index contributed by atoms with van der Waals surface area (Å²) in [6.07, 6.45) is 3.14. The number of hydrogen-bond acceptors (Lipinski definition) is 6. The zero-order chi connectivity index (χ0) is 14.7. The Morgan fingerprint density at radius 1 is 1.24 bits per heavy atom. The van der Waals surface area contributed by atoms with Crippen molar-refractivity contribution in [1.29, 1.82) is 0 Å². The van der Waals surface area contributed by atoms with E-state index in [0.717, 1.165) is 24.9 Å². The van der Waals surface area contributed by atoms with E-state index in [-0.39, 0.29) is 0 Å². The Hall–Kier alpha value is -2.08. The molecule has 2 heterocycles. The van der Waals surface area contributed by atoms with E-state index >= 15 is 0 Å². The number of hydrogen-bond donors (Lipinski definition) is 1. The largest absolute Gasteiger partial charge is 0.497 e. The van der Waals surface area contributed by atoms with Gasteiger partial charge in [-0.25, -0.2) is 0 Å². The maximum absolute atomic E-state index is 5.35. The summed E-state index contributed by atoms with van der Waals surface area (Å²) in [5.41, 5.74) is 0.820. The molecule has 1 N–H and O–H groups in total. The number of benzene rings is 1. The SMILES string of the molecule is COc1cc(OC)cc(-c2noc(CC3CCCN3)n2)c1. The minimum Gasteiger partial charge on any atom is -0.497 e. The van der Waals surface area contributed by atoms with Gasteiger partial charge in [0, 0.05) is 24.1 Å². The summed E-state index contributed by atoms with van der Waals surface area (Å²) in [5.74, 6) is 2.62. The Morgan fingerprint density at radius 3 is 2.62 bits per heavy atom.